The maximum atomic E-state index is 12.1. The van der Waals surface area contributed by atoms with Gasteiger partial charge in [-0.25, -0.2) is 4.79 Å². The fourth-order valence-corrected chi connectivity index (χ4v) is 2.45. The zero-order valence-electron chi connectivity index (χ0n) is 11.6. The van der Waals surface area contributed by atoms with Gasteiger partial charge in [-0.05, 0) is 32.1 Å². The molecule has 0 bridgehead atoms. The average molecular weight is 268 g/mol. The van der Waals surface area contributed by atoms with Crippen LogP contribution in [0.4, 0.5) is 4.79 Å². The predicted octanol–water partition coefficient (Wildman–Crippen LogP) is 2.24. The molecular weight excluding hydrogens is 244 g/mol. The molecule has 0 aromatic heterocycles. The third kappa shape index (κ3) is 4.93. The molecule has 0 heterocycles. The number of urea groups is 1. The van der Waals surface area contributed by atoms with Crippen molar-refractivity contribution in [1.29, 1.82) is 0 Å². The van der Waals surface area contributed by atoms with Gasteiger partial charge in [-0.2, -0.15) is 0 Å². The third-order valence-electron chi connectivity index (χ3n) is 3.53. The molecule has 0 aromatic rings. The number of amides is 2. The van der Waals surface area contributed by atoms with E-state index in [2.05, 4.69) is 11.9 Å². The molecule has 1 fully saturated rings. The average Bonchev–Trinajstić information content (AvgIpc) is 2.39. The molecule has 2 amide bonds. The molecule has 0 atom stereocenters. The Kier molecular flexibility index (Phi) is 6.39. The molecule has 0 saturated heterocycles. The smallest absolute Gasteiger partial charge is 0.317 e. The van der Waals surface area contributed by atoms with E-state index in [1.165, 1.54) is 0 Å². The molecule has 2 N–H and O–H groups in total. The first-order valence-electron chi connectivity index (χ1n) is 6.97. The van der Waals surface area contributed by atoms with Crippen molar-refractivity contribution in [3.8, 4) is 0 Å². The minimum atomic E-state index is -0.718. The Morgan fingerprint density at radius 3 is 2.47 bits per heavy atom. The van der Waals surface area contributed by atoms with Gasteiger partial charge in [-0.1, -0.05) is 13.0 Å². The Hall–Kier alpha value is -1.52. The first-order valence-corrected chi connectivity index (χ1v) is 6.97. The van der Waals surface area contributed by atoms with Crippen LogP contribution in [0.3, 0.4) is 0 Å². The lowest BCUT2D eigenvalue weighted by atomic mass is 9.86. The maximum Gasteiger partial charge on any atom is 0.317 e. The Morgan fingerprint density at radius 2 is 2.00 bits per heavy atom. The number of nitrogens with one attached hydrogen (secondary N) is 1. The summed E-state index contributed by atoms with van der Waals surface area (Å²) < 4.78 is 0. The van der Waals surface area contributed by atoms with Gasteiger partial charge in [0.05, 0.1) is 5.92 Å². The highest BCUT2D eigenvalue weighted by Crippen LogP contribution is 2.24. The standard InChI is InChI=1S/C14H24N2O3/c1-3-9-16(10-4-2)14(19)15-12-7-5-11(6-8-12)13(17)18/h3,11-12H,1,4-10H2,2H3,(H,15,19)(H,17,18). The van der Waals surface area contributed by atoms with E-state index in [4.69, 9.17) is 5.11 Å². The summed E-state index contributed by atoms with van der Waals surface area (Å²) in [6, 6.07) is 0.0350. The number of nitrogens with zero attached hydrogens (tertiary/aromatic N) is 1. The molecule has 0 spiro atoms. The summed E-state index contributed by atoms with van der Waals surface area (Å²) in [5.74, 6) is -0.961. The lowest BCUT2D eigenvalue weighted by molar-refractivity contribution is -0.142. The zero-order valence-corrected chi connectivity index (χ0v) is 11.6. The predicted molar refractivity (Wildman–Crippen MR) is 74.0 cm³/mol. The van der Waals surface area contributed by atoms with Crippen LogP contribution in [0.2, 0.25) is 0 Å². The van der Waals surface area contributed by atoms with Gasteiger partial charge in [-0.15, -0.1) is 6.58 Å². The first-order chi connectivity index (χ1) is 9.08. The molecule has 0 radical (unpaired) electrons. The maximum absolute atomic E-state index is 12.1. The van der Waals surface area contributed by atoms with Gasteiger partial charge in [0.2, 0.25) is 0 Å². The summed E-state index contributed by atoms with van der Waals surface area (Å²) in [5, 5.41) is 11.9. The topological polar surface area (TPSA) is 69.6 Å². The highest BCUT2D eigenvalue weighted by molar-refractivity contribution is 5.75. The number of carbonyl (C=O) groups excluding carboxylic acids is 1. The summed E-state index contributed by atoms with van der Waals surface area (Å²) in [4.78, 5) is 24.6. The number of rotatable bonds is 6. The number of carboxylic acid groups (broad SMARTS) is 1. The van der Waals surface area contributed by atoms with Crippen molar-refractivity contribution in [2.75, 3.05) is 13.1 Å². The molecule has 19 heavy (non-hydrogen) atoms. The van der Waals surface area contributed by atoms with Crippen LogP contribution >= 0.6 is 0 Å². The normalized spacial score (nSPS) is 22.6. The van der Waals surface area contributed by atoms with Crippen LogP contribution in [-0.2, 0) is 4.79 Å². The zero-order chi connectivity index (χ0) is 14.3. The highest BCUT2D eigenvalue weighted by Gasteiger charge is 2.27. The van der Waals surface area contributed by atoms with Crippen molar-refractivity contribution >= 4 is 12.0 Å². The summed E-state index contributed by atoms with van der Waals surface area (Å²) in [6.07, 6.45) is 5.42. The van der Waals surface area contributed by atoms with Gasteiger partial charge >= 0.3 is 12.0 Å². The van der Waals surface area contributed by atoms with Crippen LogP contribution in [0, 0.1) is 5.92 Å². The molecule has 1 aliphatic carbocycles. The minimum absolute atomic E-state index is 0.0690. The Bertz CT molecular complexity index is 323. The van der Waals surface area contributed by atoms with Gasteiger partial charge in [0.25, 0.3) is 0 Å². The Balaban J connectivity index is 2.40. The number of carboxylic acids is 1. The molecule has 1 aliphatic rings. The molecule has 1 rings (SSSR count). The molecule has 1 saturated carbocycles. The lowest BCUT2D eigenvalue weighted by Gasteiger charge is -2.29. The van der Waals surface area contributed by atoms with Crippen LogP contribution in [0.25, 0.3) is 0 Å². The Labute approximate surface area is 114 Å². The van der Waals surface area contributed by atoms with Crippen LogP contribution in [0.5, 0.6) is 0 Å². The van der Waals surface area contributed by atoms with E-state index >= 15 is 0 Å². The Morgan fingerprint density at radius 1 is 1.37 bits per heavy atom. The third-order valence-corrected chi connectivity index (χ3v) is 3.53. The summed E-state index contributed by atoms with van der Waals surface area (Å²) in [5.41, 5.74) is 0. The van der Waals surface area contributed by atoms with Crippen molar-refractivity contribution < 1.29 is 14.7 Å². The van der Waals surface area contributed by atoms with Gasteiger partial charge in [0.1, 0.15) is 0 Å². The summed E-state index contributed by atoms with van der Waals surface area (Å²) in [6.45, 7) is 6.94. The van der Waals surface area contributed by atoms with Gasteiger partial charge in [-0.3, -0.25) is 4.79 Å². The van der Waals surface area contributed by atoms with Crippen molar-refractivity contribution in [2.45, 2.75) is 45.1 Å². The second kappa shape index (κ2) is 7.81. The second-order valence-electron chi connectivity index (χ2n) is 5.07. The molecule has 0 unspecified atom stereocenters. The second-order valence-corrected chi connectivity index (χ2v) is 5.07. The fraction of sp³-hybridized carbons (Fsp3) is 0.714. The minimum Gasteiger partial charge on any atom is -0.481 e. The van der Waals surface area contributed by atoms with E-state index in [9.17, 15) is 9.59 Å². The molecule has 0 aliphatic heterocycles. The summed E-state index contributed by atoms with van der Waals surface area (Å²) >= 11 is 0. The molecule has 5 heteroatoms. The molecule has 0 aromatic carbocycles. The van der Waals surface area contributed by atoms with E-state index in [0.717, 1.165) is 19.3 Å². The first kappa shape index (κ1) is 15.5. The van der Waals surface area contributed by atoms with Crippen molar-refractivity contribution in [1.82, 2.24) is 10.2 Å². The monoisotopic (exact) mass is 268 g/mol. The van der Waals surface area contributed by atoms with E-state index in [0.29, 0.717) is 25.9 Å². The van der Waals surface area contributed by atoms with E-state index in [1.807, 2.05) is 6.92 Å². The molecule has 108 valence electrons. The van der Waals surface area contributed by atoms with Gasteiger partial charge in [0.15, 0.2) is 0 Å². The number of hydrogen-bond donors (Lipinski definition) is 2. The van der Waals surface area contributed by atoms with Crippen LogP contribution in [-0.4, -0.2) is 41.1 Å². The van der Waals surface area contributed by atoms with Crippen molar-refractivity contribution in [2.24, 2.45) is 5.92 Å². The van der Waals surface area contributed by atoms with Crippen molar-refractivity contribution in [3.05, 3.63) is 12.7 Å². The quantitative estimate of drug-likeness (QED) is 0.726. The SMILES string of the molecule is C=CCN(CCC)C(=O)NC1CCC(C(=O)O)CC1. The summed E-state index contributed by atoms with van der Waals surface area (Å²) in [7, 11) is 0. The van der Waals surface area contributed by atoms with E-state index in [-0.39, 0.29) is 18.0 Å². The van der Waals surface area contributed by atoms with Crippen LogP contribution in [0.15, 0.2) is 12.7 Å². The largest absolute Gasteiger partial charge is 0.481 e. The van der Waals surface area contributed by atoms with Crippen LogP contribution in [0.1, 0.15) is 39.0 Å². The molecular formula is C14H24N2O3. The van der Waals surface area contributed by atoms with Crippen molar-refractivity contribution in [3.63, 3.8) is 0 Å². The molecule has 5 nitrogen and oxygen atoms in total. The van der Waals surface area contributed by atoms with Gasteiger partial charge in [0, 0.05) is 19.1 Å². The lowest BCUT2D eigenvalue weighted by Crippen LogP contribution is -2.46. The van der Waals surface area contributed by atoms with E-state index < -0.39 is 5.97 Å². The van der Waals surface area contributed by atoms with Gasteiger partial charge < -0.3 is 15.3 Å². The number of hydrogen-bond acceptors (Lipinski definition) is 2. The van der Waals surface area contributed by atoms with E-state index in [1.54, 1.807) is 11.0 Å². The fourth-order valence-electron chi connectivity index (χ4n) is 2.45. The number of aliphatic carboxylic acids is 1. The van der Waals surface area contributed by atoms with Crippen LogP contribution < -0.4 is 5.32 Å². The number of carbonyl (C=O) groups is 2. The highest BCUT2D eigenvalue weighted by atomic mass is 16.4.